The summed E-state index contributed by atoms with van der Waals surface area (Å²) in [6, 6.07) is 12.4. The predicted octanol–water partition coefficient (Wildman–Crippen LogP) is 4.05. The lowest BCUT2D eigenvalue weighted by atomic mass is 10.1. The van der Waals surface area contributed by atoms with Crippen LogP contribution in [0.1, 0.15) is 23.1 Å². The molecule has 0 bridgehead atoms. The van der Waals surface area contributed by atoms with Crippen LogP contribution in [0.4, 0.5) is 5.69 Å². The van der Waals surface area contributed by atoms with Gasteiger partial charge in [0, 0.05) is 37.1 Å². The first-order chi connectivity index (χ1) is 10.2. The molecule has 108 valence electrons. The highest BCUT2D eigenvalue weighted by molar-refractivity contribution is 6.17. The van der Waals surface area contributed by atoms with Gasteiger partial charge in [-0.3, -0.25) is 4.98 Å². The fourth-order valence-corrected chi connectivity index (χ4v) is 2.53. The molecule has 0 saturated carbocycles. The zero-order chi connectivity index (χ0) is 15.1. The molecule has 0 amide bonds. The summed E-state index contributed by atoms with van der Waals surface area (Å²) >= 11 is 6.08. The smallest absolute Gasteiger partial charge is 0.0640 e. The maximum atomic E-state index is 8.88. The summed E-state index contributed by atoms with van der Waals surface area (Å²) in [6.07, 6.45) is 4.10. The van der Waals surface area contributed by atoms with E-state index < -0.39 is 0 Å². The van der Waals surface area contributed by atoms with Gasteiger partial charge in [-0.1, -0.05) is 23.8 Å². The predicted molar refractivity (Wildman–Crippen MR) is 86.3 cm³/mol. The lowest BCUT2D eigenvalue weighted by molar-refractivity contribution is 0.791. The van der Waals surface area contributed by atoms with Crippen LogP contribution in [0.5, 0.6) is 0 Å². The highest BCUT2D eigenvalue weighted by Gasteiger charge is 2.12. The van der Waals surface area contributed by atoms with E-state index in [0.29, 0.717) is 18.8 Å². The van der Waals surface area contributed by atoms with E-state index in [1.165, 1.54) is 5.56 Å². The monoisotopic (exact) mass is 299 g/mol. The minimum Gasteiger partial charge on any atom is -0.366 e. The third kappa shape index (κ3) is 4.21. The Kier molecular flexibility index (Phi) is 5.59. The van der Waals surface area contributed by atoms with E-state index >= 15 is 0 Å². The first-order valence-electron chi connectivity index (χ1n) is 6.91. The van der Waals surface area contributed by atoms with Gasteiger partial charge in [-0.25, -0.2) is 0 Å². The van der Waals surface area contributed by atoms with Gasteiger partial charge < -0.3 is 4.90 Å². The molecule has 4 heteroatoms. The Hall–Kier alpha value is -2.05. The normalized spacial score (nSPS) is 10.1. The fraction of sp³-hybridized carbons (Fsp3) is 0.294. The summed E-state index contributed by atoms with van der Waals surface area (Å²) in [7, 11) is 0. The number of aryl methyl sites for hydroxylation is 1. The third-order valence-corrected chi connectivity index (χ3v) is 3.60. The molecule has 1 aromatic heterocycles. The van der Waals surface area contributed by atoms with Crippen LogP contribution >= 0.6 is 11.6 Å². The minimum atomic E-state index is 0.465. The van der Waals surface area contributed by atoms with Gasteiger partial charge in [0.05, 0.1) is 12.5 Å². The van der Waals surface area contributed by atoms with E-state index in [-0.39, 0.29) is 0 Å². The highest BCUT2D eigenvalue weighted by atomic mass is 35.5. The average molecular weight is 300 g/mol. The molecular weight excluding hydrogens is 282 g/mol. The summed E-state index contributed by atoms with van der Waals surface area (Å²) in [5.41, 5.74) is 4.50. The van der Waals surface area contributed by atoms with Crippen LogP contribution in [0.15, 0.2) is 42.7 Å². The van der Waals surface area contributed by atoms with Gasteiger partial charge in [0.15, 0.2) is 0 Å². The second-order valence-electron chi connectivity index (χ2n) is 4.96. The zero-order valence-corrected chi connectivity index (χ0v) is 12.8. The second kappa shape index (κ2) is 7.66. The van der Waals surface area contributed by atoms with Gasteiger partial charge in [-0.2, -0.15) is 5.26 Å². The topological polar surface area (TPSA) is 39.9 Å². The molecule has 2 rings (SSSR count). The fourth-order valence-electron chi connectivity index (χ4n) is 2.31. The largest absolute Gasteiger partial charge is 0.366 e. The molecule has 0 N–H and O–H groups in total. The van der Waals surface area contributed by atoms with Gasteiger partial charge in [0.1, 0.15) is 0 Å². The van der Waals surface area contributed by atoms with Crippen molar-refractivity contribution in [2.24, 2.45) is 0 Å². The van der Waals surface area contributed by atoms with Crippen molar-refractivity contribution in [2.45, 2.75) is 25.8 Å². The number of nitriles is 1. The molecule has 2 aromatic rings. The number of benzene rings is 1. The Morgan fingerprint density at radius 1 is 1.33 bits per heavy atom. The maximum absolute atomic E-state index is 8.88. The van der Waals surface area contributed by atoms with Crippen LogP contribution in [0.3, 0.4) is 0 Å². The molecule has 0 unspecified atom stereocenters. The molecule has 0 saturated heterocycles. The molecule has 0 spiro atoms. The summed E-state index contributed by atoms with van der Waals surface area (Å²) in [4.78, 5) is 6.34. The lowest BCUT2D eigenvalue weighted by Crippen LogP contribution is -2.24. The average Bonchev–Trinajstić information content (AvgIpc) is 2.52. The van der Waals surface area contributed by atoms with Gasteiger partial charge in [0.2, 0.25) is 0 Å². The number of aromatic nitrogens is 1. The standard InChI is InChI=1S/C17H18ClN3/c1-14-5-6-17(16(10-14)11-18)21(9-3-7-19)13-15-4-2-8-20-12-15/h2,4-6,8,10,12H,3,9,11,13H2,1H3. The van der Waals surface area contributed by atoms with Crippen LogP contribution in [-0.4, -0.2) is 11.5 Å². The molecule has 21 heavy (non-hydrogen) atoms. The van der Waals surface area contributed by atoms with Crippen molar-refractivity contribution in [3.8, 4) is 6.07 Å². The van der Waals surface area contributed by atoms with Crippen molar-refractivity contribution in [1.82, 2.24) is 4.98 Å². The summed E-state index contributed by atoms with van der Waals surface area (Å²) < 4.78 is 0. The lowest BCUT2D eigenvalue weighted by Gasteiger charge is -2.26. The molecule has 1 heterocycles. The molecule has 0 aliphatic carbocycles. The number of hydrogen-bond acceptors (Lipinski definition) is 3. The van der Waals surface area contributed by atoms with Crippen molar-refractivity contribution in [2.75, 3.05) is 11.4 Å². The van der Waals surface area contributed by atoms with Gasteiger partial charge >= 0.3 is 0 Å². The quantitative estimate of drug-likeness (QED) is 0.756. The number of anilines is 1. The van der Waals surface area contributed by atoms with E-state index in [2.05, 4.69) is 41.1 Å². The number of hydrogen-bond donors (Lipinski definition) is 0. The zero-order valence-electron chi connectivity index (χ0n) is 12.1. The Balaban J connectivity index is 2.29. The van der Waals surface area contributed by atoms with Gasteiger partial charge in [0.25, 0.3) is 0 Å². The number of pyridine rings is 1. The van der Waals surface area contributed by atoms with Crippen LogP contribution < -0.4 is 4.90 Å². The second-order valence-corrected chi connectivity index (χ2v) is 5.22. The Morgan fingerprint density at radius 2 is 2.19 bits per heavy atom. The number of alkyl halides is 1. The summed E-state index contributed by atoms with van der Waals surface area (Å²) in [6.45, 7) is 3.46. The van der Waals surface area contributed by atoms with E-state index in [9.17, 15) is 0 Å². The van der Waals surface area contributed by atoms with E-state index in [4.69, 9.17) is 16.9 Å². The number of rotatable bonds is 6. The Morgan fingerprint density at radius 3 is 2.86 bits per heavy atom. The van der Waals surface area contributed by atoms with Crippen molar-refractivity contribution in [3.63, 3.8) is 0 Å². The number of nitrogens with zero attached hydrogens (tertiary/aromatic N) is 3. The van der Waals surface area contributed by atoms with Crippen LogP contribution in [0.2, 0.25) is 0 Å². The summed E-state index contributed by atoms with van der Waals surface area (Å²) in [5, 5.41) is 8.88. The first-order valence-corrected chi connectivity index (χ1v) is 7.44. The molecule has 3 nitrogen and oxygen atoms in total. The van der Waals surface area contributed by atoms with Gasteiger partial charge in [-0.15, -0.1) is 11.6 Å². The summed E-state index contributed by atoms with van der Waals surface area (Å²) in [5.74, 6) is 0.465. The van der Waals surface area contributed by atoms with Crippen LogP contribution in [-0.2, 0) is 12.4 Å². The van der Waals surface area contributed by atoms with E-state index in [1.54, 1.807) is 6.20 Å². The maximum Gasteiger partial charge on any atom is 0.0640 e. The molecule has 0 aliphatic heterocycles. The van der Waals surface area contributed by atoms with Crippen molar-refractivity contribution < 1.29 is 0 Å². The molecule has 0 fully saturated rings. The third-order valence-electron chi connectivity index (χ3n) is 3.31. The van der Waals surface area contributed by atoms with Crippen LogP contribution in [0.25, 0.3) is 0 Å². The molecule has 1 aromatic carbocycles. The van der Waals surface area contributed by atoms with E-state index in [1.807, 2.05) is 18.3 Å². The van der Waals surface area contributed by atoms with Crippen molar-refractivity contribution >= 4 is 17.3 Å². The Labute approximate surface area is 130 Å². The highest BCUT2D eigenvalue weighted by Crippen LogP contribution is 2.25. The molecular formula is C17H18ClN3. The molecule has 0 atom stereocenters. The molecule has 0 radical (unpaired) electrons. The van der Waals surface area contributed by atoms with Crippen LogP contribution in [0, 0.1) is 18.3 Å². The first kappa shape index (κ1) is 15.3. The van der Waals surface area contributed by atoms with Crippen molar-refractivity contribution in [3.05, 3.63) is 59.4 Å². The molecule has 0 aliphatic rings. The van der Waals surface area contributed by atoms with Gasteiger partial charge in [-0.05, 0) is 30.2 Å². The minimum absolute atomic E-state index is 0.465. The number of halogens is 1. The van der Waals surface area contributed by atoms with E-state index in [0.717, 1.165) is 23.4 Å². The SMILES string of the molecule is Cc1ccc(N(CCC#N)Cc2cccnc2)c(CCl)c1. The van der Waals surface area contributed by atoms with Crippen molar-refractivity contribution in [1.29, 1.82) is 5.26 Å². The Bertz CT molecular complexity index is 620.